The normalized spacial score (nSPS) is 11.6. The van der Waals surface area contributed by atoms with Crippen LogP contribution in [0, 0.1) is 0 Å². The van der Waals surface area contributed by atoms with Gasteiger partial charge in [-0.05, 0) is 34.1 Å². The van der Waals surface area contributed by atoms with Crippen molar-refractivity contribution in [3.63, 3.8) is 0 Å². The van der Waals surface area contributed by atoms with Gasteiger partial charge in [-0.2, -0.15) is 0 Å². The van der Waals surface area contributed by atoms with Gasteiger partial charge in [0.05, 0.1) is 6.33 Å². The molecule has 0 saturated heterocycles. The van der Waals surface area contributed by atoms with E-state index in [1.807, 2.05) is 10.8 Å². The molecule has 1 amide bonds. The van der Waals surface area contributed by atoms with Gasteiger partial charge in [0.2, 0.25) is 5.91 Å². The van der Waals surface area contributed by atoms with Gasteiger partial charge in [0.15, 0.2) is 0 Å². The summed E-state index contributed by atoms with van der Waals surface area (Å²) < 4.78 is 1.99. The molecule has 114 valence electrons. The maximum atomic E-state index is 11.7. The van der Waals surface area contributed by atoms with Gasteiger partial charge < -0.3 is 9.88 Å². The van der Waals surface area contributed by atoms with Crippen molar-refractivity contribution in [2.75, 3.05) is 13.1 Å². The smallest absolute Gasteiger partial charge is 0.220 e. The second-order valence-electron chi connectivity index (χ2n) is 5.68. The average molecular weight is 280 g/mol. The third kappa shape index (κ3) is 6.19. The summed E-state index contributed by atoms with van der Waals surface area (Å²) in [6.07, 6.45) is 6.87. The molecule has 0 aliphatic carbocycles. The number of hydrogen-bond acceptors (Lipinski definition) is 3. The highest BCUT2D eigenvalue weighted by Gasteiger charge is 2.12. The minimum Gasteiger partial charge on any atom is -0.355 e. The second kappa shape index (κ2) is 8.74. The maximum absolute atomic E-state index is 11.7. The van der Waals surface area contributed by atoms with Gasteiger partial charge in [0.25, 0.3) is 0 Å². The Balaban J connectivity index is 2.13. The van der Waals surface area contributed by atoms with Gasteiger partial charge in [-0.25, -0.2) is 4.98 Å². The third-order valence-electron chi connectivity index (χ3n) is 3.40. The Hall–Kier alpha value is -1.36. The monoisotopic (exact) mass is 280 g/mol. The Morgan fingerprint density at radius 2 is 2.00 bits per heavy atom. The van der Waals surface area contributed by atoms with Crippen LogP contribution in [0.2, 0.25) is 0 Å². The highest BCUT2D eigenvalue weighted by molar-refractivity contribution is 5.75. The number of amides is 1. The van der Waals surface area contributed by atoms with Gasteiger partial charge in [-0.15, -0.1) is 0 Å². The summed E-state index contributed by atoms with van der Waals surface area (Å²) in [7, 11) is 0. The van der Waals surface area contributed by atoms with Crippen molar-refractivity contribution in [3.8, 4) is 0 Å². The molecule has 0 radical (unpaired) electrons. The van der Waals surface area contributed by atoms with Crippen molar-refractivity contribution in [3.05, 3.63) is 18.7 Å². The molecular formula is C15H28N4O. The van der Waals surface area contributed by atoms with Crippen molar-refractivity contribution in [2.24, 2.45) is 0 Å². The zero-order valence-corrected chi connectivity index (χ0v) is 13.2. The highest BCUT2D eigenvalue weighted by atomic mass is 16.1. The minimum absolute atomic E-state index is 0.137. The molecule has 1 heterocycles. The lowest BCUT2D eigenvalue weighted by Crippen LogP contribution is -2.42. The molecule has 20 heavy (non-hydrogen) atoms. The Kier molecular flexibility index (Phi) is 7.30. The van der Waals surface area contributed by atoms with Gasteiger partial charge >= 0.3 is 0 Å². The summed E-state index contributed by atoms with van der Waals surface area (Å²) >= 11 is 0. The number of imidazole rings is 1. The van der Waals surface area contributed by atoms with Crippen molar-refractivity contribution < 1.29 is 4.79 Å². The van der Waals surface area contributed by atoms with Crippen LogP contribution in [-0.4, -0.2) is 45.5 Å². The van der Waals surface area contributed by atoms with E-state index in [4.69, 9.17) is 0 Å². The van der Waals surface area contributed by atoms with E-state index >= 15 is 0 Å². The molecule has 0 fully saturated rings. The average Bonchev–Trinajstić information content (AvgIpc) is 2.86. The van der Waals surface area contributed by atoms with Crippen LogP contribution in [0.3, 0.4) is 0 Å². The van der Waals surface area contributed by atoms with E-state index in [-0.39, 0.29) is 5.91 Å². The Labute approximate surface area is 122 Å². The summed E-state index contributed by atoms with van der Waals surface area (Å²) in [6, 6.07) is 1.02. The Bertz CT molecular complexity index is 365. The van der Waals surface area contributed by atoms with Crippen LogP contribution in [0.4, 0.5) is 0 Å². The number of aromatic nitrogens is 2. The fourth-order valence-electron chi connectivity index (χ4n) is 2.37. The molecule has 0 aliphatic heterocycles. The third-order valence-corrected chi connectivity index (χ3v) is 3.40. The van der Waals surface area contributed by atoms with Gasteiger partial charge in [0, 0.05) is 50.5 Å². The lowest BCUT2D eigenvalue weighted by molar-refractivity contribution is -0.121. The van der Waals surface area contributed by atoms with Crippen LogP contribution in [0.1, 0.15) is 40.5 Å². The van der Waals surface area contributed by atoms with E-state index in [2.05, 4.69) is 42.9 Å². The molecule has 1 N–H and O–H groups in total. The number of rotatable bonds is 9. The van der Waals surface area contributed by atoms with Crippen LogP contribution in [0.15, 0.2) is 18.7 Å². The molecule has 0 aromatic carbocycles. The van der Waals surface area contributed by atoms with E-state index < -0.39 is 0 Å². The van der Waals surface area contributed by atoms with Crippen LogP contribution >= 0.6 is 0 Å². The maximum Gasteiger partial charge on any atom is 0.220 e. The molecule has 0 unspecified atom stereocenters. The molecule has 1 aromatic rings. The minimum atomic E-state index is 0.137. The summed E-state index contributed by atoms with van der Waals surface area (Å²) in [5.41, 5.74) is 0. The summed E-state index contributed by atoms with van der Waals surface area (Å²) in [4.78, 5) is 18.1. The second-order valence-corrected chi connectivity index (χ2v) is 5.68. The van der Waals surface area contributed by atoms with Crippen molar-refractivity contribution in [1.29, 1.82) is 0 Å². The molecule has 0 saturated carbocycles. The molecule has 0 spiro atoms. The number of nitrogens with one attached hydrogen (secondary N) is 1. The number of carbonyl (C=O) groups excluding carboxylic acids is 1. The van der Waals surface area contributed by atoms with Gasteiger partial charge in [-0.1, -0.05) is 0 Å². The first-order valence-corrected chi connectivity index (χ1v) is 7.49. The van der Waals surface area contributed by atoms with Crippen LogP contribution in [0.5, 0.6) is 0 Å². The number of aryl methyl sites for hydroxylation is 1. The molecule has 0 atom stereocenters. The molecule has 1 rings (SSSR count). The number of hydrogen-bond donors (Lipinski definition) is 1. The summed E-state index contributed by atoms with van der Waals surface area (Å²) in [5, 5.41) is 3.00. The van der Waals surface area contributed by atoms with Crippen molar-refractivity contribution in [2.45, 2.75) is 59.2 Å². The van der Waals surface area contributed by atoms with Gasteiger partial charge in [-0.3, -0.25) is 9.69 Å². The largest absolute Gasteiger partial charge is 0.355 e. The Morgan fingerprint density at radius 3 is 2.55 bits per heavy atom. The first-order valence-electron chi connectivity index (χ1n) is 7.49. The van der Waals surface area contributed by atoms with E-state index in [0.717, 1.165) is 26.1 Å². The van der Waals surface area contributed by atoms with Crippen LogP contribution in [0.25, 0.3) is 0 Å². The van der Waals surface area contributed by atoms with Crippen LogP contribution in [-0.2, 0) is 11.3 Å². The molecule has 0 bridgehead atoms. The van der Waals surface area contributed by atoms with Crippen molar-refractivity contribution in [1.82, 2.24) is 19.8 Å². The van der Waals surface area contributed by atoms with E-state index in [0.29, 0.717) is 18.5 Å². The lowest BCUT2D eigenvalue weighted by atomic mass is 10.2. The molecular weight excluding hydrogens is 252 g/mol. The highest BCUT2D eigenvalue weighted by Crippen LogP contribution is 2.03. The summed E-state index contributed by atoms with van der Waals surface area (Å²) in [5.74, 6) is 0.137. The van der Waals surface area contributed by atoms with Crippen LogP contribution < -0.4 is 5.32 Å². The molecule has 0 aliphatic rings. The fraction of sp³-hybridized carbons (Fsp3) is 0.733. The first kappa shape index (κ1) is 16.7. The molecule has 5 nitrogen and oxygen atoms in total. The van der Waals surface area contributed by atoms with E-state index in [1.54, 1.807) is 12.5 Å². The van der Waals surface area contributed by atoms with E-state index in [1.165, 1.54) is 0 Å². The number of nitrogens with zero attached hydrogens (tertiary/aromatic N) is 3. The zero-order chi connectivity index (χ0) is 15.0. The lowest BCUT2D eigenvalue weighted by Gasteiger charge is -2.30. The SMILES string of the molecule is CC(C)N(CCNC(=O)CCCn1ccnc1)C(C)C. The van der Waals surface area contributed by atoms with Gasteiger partial charge in [0.1, 0.15) is 0 Å². The standard InChI is InChI=1S/C15H28N4O/c1-13(2)19(14(3)4)11-8-17-15(20)6-5-9-18-10-7-16-12-18/h7,10,12-14H,5-6,8-9,11H2,1-4H3,(H,17,20). The van der Waals surface area contributed by atoms with E-state index in [9.17, 15) is 4.79 Å². The fourth-order valence-corrected chi connectivity index (χ4v) is 2.37. The number of carbonyl (C=O) groups is 1. The quantitative estimate of drug-likeness (QED) is 0.751. The zero-order valence-electron chi connectivity index (χ0n) is 13.2. The Morgan fingerprint density at radius 1 is 1.30 bits per heavy atom. The topological polar surface area (TPSA) is 50.2 Å². The predicted octanol–water partition coefficient (Wildman–Crippen LogP) is 1.90. The molecule has 1 aromatic heterocycles. The predicted molar refractivity (Wildman–Crippen MR) is 81.4 cm³/mol. The first-order chi connectivity index (χ1) is 9.50. The molecule has 5 heteroatoms. The van der Waals surface area contributed by atoms with Crippen molar-refractivity contribution >= 4 is 5.91 Å². The summed E-state index contributed by atoms with van der Waals surface area (Å²) in [6.45, 7) is 11.2.